The molecule has 0 fully saturated rings. The van der Waals surface area contributed by atoms with Crippen LogP contribution in [0.2, 0.25) is 0 Å². The molecule has 2 rings (SSSR count). The van der Waals surface area contributed by atoms with Gasteiger partial charge >= 0.3 is 0 Å². The van der Waals surface area contributed by atoms with Crippen molar-refractivity contribution >= 4 is 17.7 Å². The normalized spacial score (nSPS) is 16.1. The fourth-order valence-electron chi connectivity index (χ4n) is 1.64. The predicted molar refractivity (Wildman–Crippen MR) is 52.2 cm³/mol. The lowest BCUT2D eigenvalue weighted by Crippen LogP contribution is -2.09. The smallest absolute Gasteiger partial charge is 0.200 e. The first-order valence-corrected chi connectivity index (χ1v) is 5.40. The molecule has 0 aliphatic carbocycles. The molecule has 0 unspecified atom stereocenters. The summed E-state index contributed by atoms with van der Waals surface area (Å²) in [4.78, 5) is 4.34. The zero-order valence-electron chi connectivity index (χ0n) is 7.21. The Morgan fingerprint density at radius 3 is 3.25 bits per heavy atom. The van der Waals surface area contributed by atoms with Gasteiger partial charge in [-0.1, -0.05) is 0 Å². The van der Waals surface area contributed by atoms with Crippen molar-refractivity contribution in [1.29, 1.82) is 0 Å². The molecule has 0 saturated carbocycles. The maximum absolute atomic E-state index is 5.77. The number of imidazole rings is 1. The highest BCUT2D eigenvalue weighted by molar-refractivity contribution is 7.98. The summed E-state index contributed by atoms with van der Waals surface area (Å²) in [7, 11) is 0. The first kappa shape index (κ1) is 7.98. The molecule has 1 aliphatic rings. The number of hydrogen-bond acceptors (Lipinski definition) is 3. The van der Waals surface area contributed by atoms with Crippen molar-refractivity contribution in [3.8, 4) is 0 Å². The number of fused-ring (bicyclic) bond motifs is 1. The Balaban J connectivity index is 2.46. The van der Waals surface area contributed by atoms with Gasteiger partial charge in [0, 0.05) is 18.0 Å². The van der Waals surface area contributed by atoms with E-state index in [0.29, 0.717) is 5.95 Å². The van der Waals surface area contributed by atoms with E-state index in [4.69, 9.17) is 5.73 Å². The lowest BCUT2D eigenvalue weighted by atomic mass is 10.2. The number of aromatic nitrogens is 2. The molecule has 0 spiro atoms. The van der Waals surface area contributed by atoms with Crippen molar-refractivity contribution in [2.24, 2.45) is 0 Å². The van der Waals surface area contributed by atoms with Gasteiger partial charge < -0.3 is 10.3 Å². The topological polar surface area (TPSA) is 43.8 Å². The third-order valence-corrected chi connectivity index (χ3v) is 3.19. The molecule has 66 valence electrons. The van der Waals surface area contributed by atoms with Gasteiger partial charge in [0.25, 0.3) is 0 Å². The van der Waals surface area contributed by atoms with E-state index >= 15 is 0 Å². The number of thioether (sulfide) groups is 1. The molecule has 1 aromatic heterocycles. The van der Waals surface area contributed by atoms with Gasteiger partial charge in [0.05, 0.1) is 5.69 Å². The molecule has 0 saturated heterocycles. The summed E-state index contributed by atoms with van der Waals surface area (Å²) < 4.78 is 2.12. The highest BCUT2D eigenvalue weighted by Crippen LogP contribution is 2.25. The number of rotatable bonds is 1. The van der Waals surface area contributed by atoms with Gasteiger partial charge in [0.15, 0.2) is 0 Å². The van der Waals surface area contributed by atoms with E-state index in [1.165, 1.54) is 17.1 Å². The Hall–Kier alpha value is -0.640. The zero-order valence-corrected chi connectivity index (χ0v) is 8.02. The van der Waals surface area contributed by atoms with E-state index in [2.05, 4.69) is 16.5 Å². The van der Waals surface area contributed by atoms with Crippen LogP contribution in [0.5, 0.6) is 0 Å². The molecule has 2 N–H and O–H groups in total. The summed E-state index contributed by atoms with van der Waals surface area (Å²) >= 11 is 1.94. The van der Waals surface area contributed by atoms with Gasteiger partial charge in [-0.15, -0.1) is 0 Å². The van der Waals surface area contributed by atoms with Crippen molar-refractivity contribution in [3.05, 3.63) is 11.4 Å². The minimum absolute atomic E-state index is 0.685. The van der Waals surface area contributed by atoms with Gasteiger partial charge in [0.2, 0.25) is 5.95 Å². The number of nitrogen functional groups attached to an aromatic ring is 1. The number of nitrogens with zero attached hydrogens (tertiary/aromatic N) is 2. The van der Waals surface area contributed by atoms with Crippen LogP contribution in [0.4, 0.5) is 5.95 Å². The third-order valence-electron chi connectivity index (χ3n) is 2.22. The Kier molecular flexibility index (Phi) is 2.00. The van der Waals surface area contributed by atoms with Crippen LogP contribution in [0.3, 0.4) is 0 Å². The largest absolute Gasteiger partial charge is 0.369 e. The molecular formula is C8H13N3S. The molecule has 3 nitrogen and oxygen atoms in total. The Labute approximate surface area is 76.4 Å². The quantitative estimate of drug-likeness (QED) is 0.713. The molecule has 0 radical (unpaired) electrons. The van der Waals surface area contributed by atoms with E-state index in [1.807, 2.05) is 11.8 Å². The standard InChI is InChI=1S/C8H13N3S/c1-2-11-7-3-4-12-5-6(7)10-8(11)9/h2-5H2,1H3,(H2,9,10). The maximum atomic E-state index is 5.77. The summed E-state index contributed by atoms with van der Waals surface area (Å²) in [5.74, 6) is 2.93. The van der Waals surface area contributed by atoms with Crippen molar-refractivity contribution in [1.82, 2.24) is 9.55 Å². The second kappa shape index (κ2) is 3.01. The van der Waals surface area contributed by atoms with Crippen LogP contribution in [0.15, 0.2) is 0 Å². The van der Waals surface area contributed by atoms with Crippen LogP contribution >= 0.6 is 11.8 Å². The van der Waals surface area contributed by atoms with Crippen LogP contribution in [0.1, 0.15) is 18.3 Å². The Morgan fingerprint density at radius 2 is 2.50 bits per heavy atom. The van der Waals surface area contributed by atoms with Crippen LogP contribution in [-0.4, -0.2) is 15.3 Å². The lowest BCUT2D eigenvalue weighted by molar-refractivity contribution is 0.725. The highest BCUT2D eigenvalue weighted by atomic mass is 32.2. The van der Waals surface area contributed by atoms with Crippen molar-refractivity contribution in [3.63, 3.8) is 0 Å². The van der Waals surface area contributed by atoms with Crippen molar-refractivity contribution < 1.29 is 0 Å². The fourth-order valence-corrected chi connectivity index (χ4v) is 2.55. The van der Waals surface area contributed by atoms with Crippen molar-refractivity contribution in [2.45, 2.75) is 25.6 Å². The highest BCUT2D eigenvalue weighted by Gasteiger charge is 2.17. The van der Waals surface area contributed by atoms with Crippen LogP contribution in [0, 0.1) is 0 Å². The fraction of sp³-hybridized carbons (Fsp3) is 0.625. The first-order chi connectivity index (χ1) is 5.83. The van der Waals surface area contributed by atoms with Crippen LogP contribution in [0.25, 0.3) is 0 Å². The summed E-state index contributed by atoms with van der Waals surface area (Å²) in [5.41, 5.74) is 8.33. The molecule has 0 aromatic carbocycles. The Bertz CT molecular complexity index is 293. The van der Waals surface area contributed by atoms with Gasteiger partial charge in [-0.05, 0) is 19.1 Å². The van der Waals surface area contributed by atoms with E-state index in [9.17, 15) is 0 Å². The van der Waals surface area contributed by atoms with Gasteiger partial charge in [-0.2, -0.15) is 11.8 Å². The maximum Gasteiger partial charge on any atom is 0.200 e. The summed E-state index contributed by atoms with van der Waals surface area (Å²) in [6.45, 7) is 3.05. The molecule has 1 aromatic rings. The van der Waals surface area contributed by atoms with Crippen molar-refractivity contribution in [2.75, 3.05) is 11.5 Å². The minimum atomic E-state index is 0.685. The van der Waals surface area contributed by atoms with Gasteiger partial charge in [-0.25, -0.2) is 4.98 Å². The van der Waals surface area contributed by atoms with E-state index in [-0.39, 0.29) is 0 Å². The third kappa shape index (κ3) is 1.10. The molecule has 12 heavy (non-hydrogen) atoms. The summed E-state index contributed by atoms with van der Waals surface area (Å²) in [6.07, 6.45) is 1.12. The monoisotopic (exact) mass is 183 g/mol. The van der Waals surface area contributed by atoms with E-state index in [1.54, 1.807) is 0 Å². The predicted octanol–water partition coefficient (Wildman–Crippen LogP) is 1.27. The molecule has 4 heteroatoms. The van der Waals surface area contributed by atoms with E-state index < -0.39 is 0 Å². The molecule has 0 atom stereocenters. The number of hydrogen-bond donors (Lipinski definition) is 1. The zero-order chi connectivity index (χ0) is 8.55. The molecule has 2 heterocycles. The average molecular weight is 183 g/mol. The summed E-state index contributed by atoms with van der Waals surface area (Å²) in [6, 6.07) is 0. The minimum Gasteiger partial charge on any atom is -0.369 e. The number of anilines is 1. The Morgan fingerprint density at radius 1 is 1.67 bits per heavy atom. The summed E-state index contributed by atoms with van der Waals surface area (Å²) in [5, 5.41) is 0. The second-order valence-electron chi connectivity index (χ2n) is 2.91. The van der Waals surface area contributed by atoms with Gasteiger partial charge in [-0.3, -0.25) is 0 Å². The first-order valence-electron chi connectivity index (χ1n) is 4.24. The molecule has 0 bridgehead atoms. The van der Waals surface area contributed by atoms with Crippen LogP contribution < -0.4 is 5.73 Å². The molecule has 0 amide bonds. The van der Waals surface area contributed by atoms with E-state index in [0.717, 1.165) is 18.7 Å². The average Bonchev–Trinajstić information content (AvgIpc) is 2.40. The number of nitrogens with two attached hydrogens (primary N) is 1. The lowest BCUT2D eigenvalue weighted by Gasteiger charge is -2.12. The molecule has 1 aliphatic heterocycles. The second-order valence-corrected chi connectivity index (χ2v) is 4.02. The van der Waals surface area contributed by atoms with Gasteiger partial charge in [0.1, 0.15) is 0 Å². The SMILES string of the molecule is CCn1c(N)nc2c1CCSC2. The van der Waals surface area contributed by atoms with Crippen LogP contribution in [-0.2, 0) is 18.7 Å². The molecular weight excluding hydrogens is 170 g/mol.